The van der Waals surface area contributed by atoms with E-state index in [2.05, 4.69) is 36.5 Å². The minimum Gasteiger partial charge on any atom is -0.398 e. The van der Waals surface area contributed by atoms with Gasteiger partial charge in [0.15, 0.2) is 0 Å². The third-order valence-corrected chi connectivity index (χ3v) is 4.00. The van der Waals surface area contributed by atoms with Gasteiger partial charge in [-0.15, -0.1) is 0 Å². The van der Waals surface area contributed by atoms with Crippen LogP contribution in [0, 0.1) is 0 Å². The summed E-state index contributed by atoms with van der Waals surface area (Å²) in [7, 11) is 0. The van der Waals surface area contributed by atoms with E-state index in [0.29, 0.717) is 0 Å². The van der Waals surface area contributed by atoms with Gasteiger partial charge in [0.2, 0.25) is 0 Å². The van der Waals surface area contributed by atoms with Crippen molar-refractivity contribution in [1.29, 1.82) is 0 Å². The number of rotatable bonds is 9. The van der Waals surface area contributed by atoms with Crippen LogP contribution >= 0.6 is 0 Å². The van der Waals surface area contributed by atoms with Crippen molar-refractivity contribution in [1.82, 2.24) is 0 Å². The first-order valence-electron chi connectivity index (χ1n) is 8.50. The smallest absolute Gasteiger partial charge is 0.0395 e. The largest absolute Gasteiger partial charge is 0.398 e. The Morgan fingerprint density at radius 2 is 1.59 bits per heavy atom. The van der Waals surface area contributed by atoms with Gasteiger partial charge >= 0.3 is 0 Å². The van der Waals surface area contributed by atoms with E-state index in [-0.39, 0.29) is 0 Å². The molecule has 0 saturated heterocycles. The Morgan fingerprint density at radius 1 is 0.864 bits per heavy atom. The minimum absolute atomic E-state index is 0.830. The van der Waals surface area contributed by atoms with Gasteiger partial charge < -0.3 is 11.1 Å². The van der Waals surface area contributed by atoms with E-state index in [4.69, 9.17) is 5.73 Å². The number of hydrogen-bond donors (Lipinski definition) is 2. The van der Waals surface area contributed by atoms with Gasteiger partial charge in [-0.3, -0.25) is 0 Å². The van der Waals surface area contributed by atoms with Crippen molar-refractivity contribution < 1.29 is 0 Å². The van der Waals surface area contributed by atoms with E-state index in [1.807, 2.05) is 24.3 Å². The molecule has 2 aromatic rings. The second-order valence-corrected chi connectivity index (χ2v) is 5.86. The first-order valence-corrected chi connectivity index (χ1v) is 8.50. The molecule has 0 aliphatic rings. The van der Waals surface area contributed by atoms with E-state index in [1.165, 1.54) is 44.1 Å². The normalized spacial score (nSPS) is 10.6. The Labute approximate surface area is 134 Å². The molecule has 0 bridgehead atoms. The topological polar surface area (TPSA) is 38.0 Å². The molecule has 3 N–H and O–H groups in total. The molecule has 0 atom stereocenters. The minimum atomic E-state index is 0.830. The number of unbranched alkanes of at least 4 members (excludes halogenated alkanes) is 5. The van der Waals surface area contributed by atoms with Crippen LogP contribution < -0.4 is 11.1 Å². The lowest BCUT2D eigenvalue weighted by Crippen LogP contribution is -2.02. The van der Waals surface area contributed by atoms with Crippen LogP contribution in [-0.4, -0.2) is 6.54 Å². The fourth-order valence-electron chi connectivity index (χ4n) is 2.67. The molecular formula is C20H28N2. The maximum atomic E-state index is 6.12. The van der Waals surface area contributed by atoms with E-state index in [9.17, 15) is 0 Å². The van der Waals surface area contributed by atoms with E-state index >= 15 is 0 Å². The highest BCUT2D eigenvalue weighted by atomic mass is 14.9. The van der Waals surface area contributed by atoms with Gasteiger partial charge in [0.1, 0.15) is 0 Å². The lowest BCUT2D eigenvalue weighted by molar-refractivity contribution is 0.617. The summed E-state index contributed by atoms with van der Waals surface area (Å²) in [5.41, 5.74) is 10.4. The number of nitrogens with two attached hydrogens (primary N) is 1. The summed E-state index contributed by atoms with van der Waals surface area (Å²) in [4.78, 5) is 0. The fourth-order valence-corrected chi connectivity index (χ4v) is 2.67. The maximum absolute atomic E-state index is 6.12. The Balaban J connectivity index is 1.85. The van der Waals surface area contributed by atoms with Gasteiger partial charge in [0.05, 0.1) is 0 Å². The van der Waals surface area contributed by atoms with E-state index in [1.54, 1.807) is 0 Å². The Bertz CT molecular complexity index is 549. The Kier molecular flexibility index (Phi) is 6.82. The monoisotopic (exact) mass is 296 g/mol. The number of hydrogen-bond acceptors (Lipinski definition) is 2. The summed E-state index contributed by atoms with van der Waals surface area (Å²) in [6.07, 6.45) is 7.95. The van der Waals surface area contributed by atoms with Gasteiger partial charge in [-0.1, -0.05) is 69.4 Å². The van der Waals surface area contributed by atoms with Crippen LogP contribution in [0.15, 0.2) is 48.5 Å². The molecule has 0 heterocycles. The molecular weight excluding hydrogens is 268 g/mol. The Morgan fingerprint density at radius 3 is 2.36 bits per heavy atom. The quantitative estimate of drug-likeness (QED) is 0.459. The van der Waals surface area contributed by atoms with Crippen molar-refractivity contribution >= 4 is 11.4 Å². The maximum Gasteiger partial charge on any atom is 0.0395 e. The number of nitrogen functional groups attached to an aromatic ring is 1. The van der Waals surface area contributed by atoms with Gasteiger partial charge in [0.25, 0.3) is 0 Å². The first-order chi connectivity index (χ1) is 10.8. The third-order valence-electron chi connectivity index (χ3n) is 4.00. The van der Waals surface area contributed by atoms with Crippen LogP contribution in [0.4, 0.5) is 11.4 Å². The predicted octanol–water partition coefficient (Wildman–Crippen LogP) is 5.71. The highest BCUT2D eigenvalue weighted by Gasteiger charge is 2.03. The molecule has 0 aromatic heterocycles. The van der Waals surface area contributed by atoms with E-state index in [0.717, 1.165) is 23.5 Å². The Hall–Kier alpha value is -1.96. The summed E-state index contributed by atoms with van der Waals surface area (Å²) in [5.74, 6) is 0. The summed E-state index contributed by atoms with van der Waals surface area (Å²) in [6, 6.07) is 16.5. The summed E-state index contributed by atoms with van der Waals surface area (Å²) >= 11 is 0. The van der Waals surface area contributed by atoms with Crippen LogP contribution in [0.5, 0.6) is 0 Å². The van der Waals surface area contributed by atoms with E-state index < -0.39 is 0 Å². The van der Waals surface area contributed by atoms with Crippen LogP contribution in [-0.2, 0) is 0 Å². The summed E-state index contributed by atoms with van der Waals surface area (Å²) in [6.45, 7) is 3.29. The zero-order chi connectivity index (χ0) is 15.6. The molecule has 118 valence electrons. The lowest BCUT2D eigenvalue weighted by atomic mass is 10.0. The van der Waals surface area contributed by atoms with Crippen molar-refractivity contribution in [2.45, 2.75) is 45.4 Å². The SMILES string of the molecule is CCCCCCCCNc1ccc(N)c(-c2ccccc2)c1. The van der Waals surface area contributed by atoms with Gasteiger partial charge in [-0.25, -0.2) is 0 Å². The third kappa shape index (κ3) is 5.10. The van der Waals surface area contributed by atoms with Crippen LogP contribution in [0.3, 0.4) is 0 Å². The van der Waals surface area contributed by atoms with Gasteiger partial charge in [-0.05, 0) is 30.2 Å². The molecule has 0 fully saturated rings. The molecule has 2 aromatic carbocycles. The molecule has 0 aliphatic heterocycles. The van der Waals surface area contributed by atoms with Crippen LogP contribution in [0.2, 0.25) is 0 Å². The molecule has 0 spiro atoms. The molecule has 0 amide bonds. The first kappa shape index (κ1) is 16.4. The van der Waals surface area contributed by atoms with Gasteiger partial charge in [0, 0.05) is 23.5 Å². The van der Waals surface area contributed by atoms with Gasteiger partial charge in [-0.2, -0.15) is 0 Å². The second kappa shape index (κ2) is 9.14. The average molecular weight is 296 g/mol. The summed E-state index contributed by atoms with van der Waals surface area (Å²) in [5, 5.41) is 3.52. The molecule has 2 nitrogen and oxygen atoms in total. The average Bonchev–Trinajstić information content (AvgIpc) is 2.56. The highest BCUT2D eigenvalue weighted by molar-refractivity contribution is 5.79. The molecule has 0 saturated carbocycles. The molecule has 0 unspecified atom stereocenters. The number of anilines is 2. The van der Waals surface area contributed by atoms with Crippen molar-refractivity contribution in [2.24, 2.45) is 0 Å². The fraction of sp³-hybridized carbons (Fsp3) is 0.400. The lowest BCUT2D eigenvalue weighted by Gasteiger charge is -2.11. The highest BCUT2D eigenvalue weighted by Crippen LogP contribution is 2.28. The van der Waals surface area contributed by atoms with Crippen molar-refractivity contribution in [3.8, 4) is 11.1 Å². The number of nitrogens with one attached hydrogen (secondary N) is 1. The zero-order valence-corrected chi connectivity index (χ0v) is 13.6. The standard InChI is InChI=1S/C20H28N2/c1-2-3-4-5-6-10-15-22-18-13-14-20(21)19(16-18)17-11-8-7-9-12-17/h7-9,11-14,16,22H,2-6,10,15,21H2,1H3. The summed E-state index contributed by atoms with van der Waals surface area (Å²) < 4.78 is 0. The van der Waals surface area contributed by atoms with Crippen LogP contribution in [0.1, 0.15) is 45.4 Å². The molecule has 22 heavy (non-hydrogen) atoms. The molecule has 0 radical (unpaired) electrons. The van der Waals surface area contributed by atoms with Crippen molar-refractivity contribution in [2.75, 3.05) is 17.6 Å². The van der Waals surface area contributed by atoms with Crippen molar-refractivity contribution in [3.63, 3.8) is 0 Å². The predicted molar refractivity (Wildman–Crippen MR) is 98.2 cm³/mol. The second-order valence-electron chi connectivity index (χ2n) is 5.86. The molecule has 2 rings (SSSR count). The van der Waals surface area contributed by atoms with Crippen LogP contribution in [0.25, 0.3) is 11.1 Å². The zero-order valence-electron chi connectivity index (χ0n) is 13.6. The van der Waals surface area contributed by atoms with Crippen molar-refractivity contribution in [3.05, 3.63) is 48.5 Å². The molecule has 2 heteroatoms. The number of benzene rings is 2. The molecule has 0 aliphatic carbocycles.